The third kappa shape index (κ3) is 2.68. The Kier molecular flexibility index (Phi) is 3.70. The first-order valence-electron chi connectivity index (χ1n) is 4.29. The monoisotopic (exact) mass is 201 g/mol. The molecule has 0 aromatic heterocycles. The molecule has 13 heavy (non-hydrogen) atoms. The van der Waals surface area contributed by atoms with Gasteiger partial charge in [-0.25, -0.2) is 4.39 Å². The molecule has 0 aliphatic heterocycles. The number of hydrogen-bond acceptors (Lipinski definition) is 1. The third-order valence-corrected chi connectivity index (χ3v) is 2.32. The first kappa shape index (κ1) is 10.5. The maximum absolute atomic E-state index is 12.9. The van der Waals surface area contributed by atoms with E-state index in [9.17, 15) is 4.39 Å². The molecule has 3 heteroatoms. The molecule has 0 unspecified atom stereocenters. The number of nitrogens with two attached hydrogens (primary N) is 1. The molecule has 1 aromatic rings. The van der Waals surface area contributed by atoms with Crippen molar-refractivity contribution in [2.45, 2.75) is 19.8 Å². The van der Waals surface area contributed by atoms with Gasteiger partial charge in [-0.15, -0.1) is 0 Å². The Bertz CT molecular complexity index is 299. The predicted molar refractivity (Wildman–Crippen MR) is 53.5 cm³/mol. The van der Waals surface area contributed by atoms with Crippen molar-refractivity contribution in [2.24, 2.45) is 5.73 Å². The van der Waals surface area contributed by atoms with Crippen molar-refractivity contribution < 1.29 is 4.39 Å². The van der Waals surface area contributed by atoms with Crippen LogP contribution in [0, 0.1) is 12.7 Å². The first-order chi connectivity index (χ1) is 6.15. The zero-order chi connectivity index (χ0) is 9.84. The lowest BCUT2D eigenvalue weighted by molar-refractivity contribution is 0.625. The minimum absolute atomic E-state index is 0.192. The van der Waals surface area contributed by atoms with Crippen LogP contribution in [0.2, 0.25) is 5.02 Å². The van der Waals surface area contributed by atoms with E-state index in [-0.39, 0.29) is 10.8 Å². The van der Waals surface area contributed by atoms with Gasteiger partial charge < -0.3 is 5.73 Å². The molecule has 0 aliphatic rings. The van der Waals surface area contributed by atoms with Gasteiger partial charge in [-0.3, -0.25) is 0 Å². The Morgan fingerprint density at radius 2 is 2.15 bits per heavy atom. The second-order valence-electron chi connectivity index (χ2n) is 3.09. The number of benzene rings is 1. The molecule has 0 heterocycles. The average molecular weight is 202 g/mol. The third-order valence-electron chi connectivity index (χ3n) is 2.03. The van der Waals surface area contributed by atoms with Crippen LogP contribution in [0.1, 0.15) is 17.5 Å². The molecule has 0 radical (unpaired) electrons. The molecule has 2 N–H and O–H groups in total. The lowest BCUT2D eigenvalue weighted by Crippen LogP contribution is -2.01. The molecule has 0 bridgehead atoms. The summed E-state index contributed by atoms with van der Waals surface area (Å²) in [6, 6.07) is 3.15. The molecule has 0 fully saturated rings. The molecule has 0 aliphatic carbocycles. The maximum atomic E-state index is 12.9. The van der Waals surface area contributed by atoms with E-state index in [1.807, 2.05) is 6.92 Å². The van der Waals surface area contributed by atoms with Crippen LogP contribution in [0.4, 0.5) is 4.39 Å². The van der Waals surface area contributed by atoms with Gasteiger partial charge in [0.05, 0.1) is 5.02 Å². The number of hydrogen-bond donors (Lipinski definition) is 1. The SMILES string of the molecule is Cc1cc(F)c(Cl)cc1CCCN. The highest BCUT2D eigenvalue weighted by Crippen LogP contribution is 2.20. The van der Waals surface area contributed by atoms with E-state index in [1.54, 1.807) is 6.07 Å². The molecule has 0 amide bonds. The molecule has 0 atom stereocenters. The summed E-state index contributed by atoms with van der Waals surface area (Å²) in [6.07, 6.45) is 1.77. The van der Waals surface area contributed by atoms with Crippen molar-refractivity contribution in [3.8, 4) is 0 Å². The van der Waals surface area contributed by atoms with Crippen LogP contribution < -0.4 is 5.73 Å². The van der Waals surface area contributed by atoms with E-state index < -0.39 is 0 Å². The molecule has 1 aromatic carbocycles. The fourth-order valence-electron chi connectivity index (χ4n) is 1.25. The summed E-state index contributed by atoms with van der Waals surface area (Å²) in [5.74, 6) is -0.351. The van der Waals surface area contributed by atoms with Gasteiger partial charge in [-0.1, -0.05) is 11.6 Å². The van der Waals surface area contributed by atoms with Crippen LogP contribution in [0.3, 0.4) is 0 Å². The zero-order valence-corrected chi connectivity index (χ0v) is 8.37. The summed E-state index contributed by atoms with van der Waals surface area (Å²) in [5.41, 5.74) is 7.41. The van der Waals surface area contributed by atoms with Crippen LogP contribution in [0.25, 0.3) is 0 Å². The summed E-state index contributed by atoms with van der Waals surface area (Å²) in [7, 11) is 0. The molecule has 0 saturated heterocycles. The average Bonchev–Trinajstić information content (AvgIpc) is 2.09. The molecule has 0 saturated carbocycles. The fraction of sp³-hybridized carbons (Fsp3) is 0.400. The largest absolute Gasteiger partial charge is 0.330 e. The van der Waals surface area contributed by atoms with Crippen molar-refractivity contribution in [3.05, 3.63) is 34.1 Å². The van der Waals surface area contributed by atoms with E-state index >= 15 is 0 Å². The minimum atomic E-state index is -0.351. The summed E-state index contributed by atoms with van der Waals surface area (Å²) in [6.45, 7) is 2.53. The van der Waals surface area contributed by atoms with Gasteiger partial charge in [-0.2, -0.15) is 0 Å². The molecule has 1 rings (SSSR count). The van der Waals surface area contributed by atoms with Gasteiger partial charge >= 0.3 is 0 Å². The van der Waals surface area contributed by atoms with Crippen LogP contribution in [0.5, 0.6) is 0 Å². The quantitative estimate of drug-likeness (QED) is 0.800. The van der Waals surface area contributed by atoms with Gasteiger partial charge in [-0.05, 0) is 49.6 Å². The zero-order valence-electron chi connectivity index (χ0n) is 7.61. The molecular weight excluding hydrogens is 189 g/mol. The Morgan fingerprint density at radius 1 is 1.46 bits per heavy atom. The Balaban J connectivity index is 2.88. The predicted octanol–water partition coefficient (Wildman–Crippen LogP) is 2.68. The van der Waals surface area contributed by atoms with Gasteiger partial charge in [0.1, 0.15) is 5.82 Å². The summed E-state index contributed by atoms with van der Waals surface area (Å²) >= 11 is 5.66. The van der Waals surface area contributed by atoms with Gasteiger partial charge in [0.15, 0.2) is 0 Å². The van der Waals surface area contributed by atoms with Gasteiger partial charge in [0, 0.05) is 0 Å². The number of halogens is 2. The van der Waals surface area contributed by atoms with Crippen LogP contribution >= 0.6 is 11.6 Å². The normalized spacial score (nSPS) is 10.5. The summed E-state index contributed by atoms with van der Waals surface area (Å²) in [5, 5.41) is 0.192. The maximum Gasteiger partial charge on any atom is 0.142 e. The Hall–Kier alpha value is -0.600. The second-order valence-corrected chi connectivity index (χ2v) is 3.49. The van der Waals surface area contributed by atoms with Gasteiger partial charge in [0.25, 0.3) is 0 Å². The van der Waals surface area contributed by atoms with Gasteiger partial charge in [0.2, 0.25) is 0 Å². The van der Waals surface area contributed by atoms with E-state index in [0.29, 0.717) is 6.54 Å². The molecule has 72 valence electrons. The van der Waals surface area contributed by atoms with Crippen LogP contribution in [0.15, 0.2) is 12.1 Å². The number of aryl methyl sites for hydroxylation is 2. The fourth-order valence-corrected chi connectivity index (χ4v) is 1.44. The number of rotatable bonds is 3. The van der Waals surface area contributed by atoms with Crippen LogP contribution in [-0.4, -0.2) is 6.54 Å². The highest BCUT2D eigenvalue weighted by atomic mass is 35.5. The summed E-state index contributed by atoms with van der Waals surface area (Å²) < 4.78 is 12.9. The van der Waals surface area contributed by atoms with E-state index in [1.165, 1.54) is 6.07 Å². The second kappa shape index (κ2) is 4.58. The van der Waals surface area contributed by atoms with Crippen molar-refractivity contribution >= 4 is 11.6 Å². The Labute approximate surface area is 82.7 Å². The van der Waals surface area contributed by atoms with E-state index in [4.69, 9.17) is 17.3 Å². The standard InChI is InChI=1S/C10H13ClFN/c1-7-5-10(12)9(11)6-8(7)3-2-4-13/h5-6H,2-4,13H2,1H3. The lowest BCUT2D eigenvalue weighted by atomic mass is 10.0. The van der Waals surface area contributed by atoms with Crippen LogP contribution in [-0.2, 0) is 6.42 Å². The molecular formula is C10H13ClFN. The first-order valence-corrected chi connectivity index (χ1v) is 4.67. The molecule has 0 spiro atoms. The van der Waals surface area contributed by atoms with Crippen molar-refractivity contribution in [3.63, 3.8) is 0 Å². The topological polar surface area (TPSA) is 26.0 Å². The highest BCUT2D eigenvalue weighted by Gasteiger charge is 2.04. The Morgan fingerprint density at radius 3 is 2.77 bits per heavy atom. The van der Waals surface area contributed by atoms with Crippen molar-refractivity contribution in [2.75, 3.05) is 6.54 Å². The summed E-state index contributed by atoms with van der Waals surface area (Å²) in [4.78, 5) is 0. The molecule has 1 nitrogen and oxygen atoms in total. The lowest BCUT2D eigenvalue weighted by Gasteiger charge is -2.06. The minimum Gasteiger partial charge on any atom is -0.330 e. The smallest absolute Gasteiger partial charge is 0.142 e. The van der Waals surface area contributed by atoms with E-state index in [0.717, 1.165) is 24.0 Å². The van der Waals surface area contributed by atoms with E-state index in [2.05, 4.69) is 0 Å². The van der Waals surface area contributed by atoms with Crippen molar-refractivity contribution in [1.29, 1.82) is 0 Å². The van der Waals surface area contributed by atoms with Crippen molar-refractivity contribution in [1.82, 2.24) is 0 Å². The highest BCUT2D eigenvalue weighted by molar-refractivity contribution is 6.30.